The Bertz CT molecular complexity index is 437. The van der Waals surface area contributed by atoms with Crippen LogP contribution in [-0.4, -0.2) is 40.2 Å². The van der Waals surface area contributed by atoms with Gasteiger partial charge in [0.15, 0.2) is 0 Å². The van der Waals surface area contributed by atoms with Gasteiger partial charge in [-0.3, -0.25) is 4.79 Å². The minimum absolute atomic E-state index is 0.166. The molecule has 1 heterocycles. The molecule has 3 N–H and O–H groups in total. The molecule has 0 aliphatic heterocycles. The smallest absolute Gasteiger partial charge is 0.224 e. The van der Waals surface area contributed by atoms with E-state index in [1.807, 2.05) is 30.4 Å². The van der Waals surface area contributed by atoms with Crippen molar-refractivity contribution in [3.8, 4) is 0 Å². The largest absolute Gasteiger partial charge is 0.394 e. The number of rotatable bonds is 8. The Morgan fingerprint density at radius 1 is 1.35 bits per heavy atom. The van der Waals surface area contributed by atoms with Gasteiger partial charge in [0.25, 0.3) is 0 Å². The first-order chi connectivity index (χ1) is 9.54. The number of aryl methyl sites for hydroxylation is 2. The van der Waals surface area contributed by atoms with E-state index in [1.165, 1.54) is 0 Å². The predicted octanol–water partition coefficient (Wildman–Crippen LogP) is 1.85. The first-order valence-electron chi connectivity index (χ1n) is 7.39. The highest BCUT2D eigenvalue weighted by molar-refractivity contribution is 5.77. The summed E-state index contributed by atoms with van der Waals surface area (Å²) in [6.07, 6.45) is 1.46. The molecule has 0 saturated carbocycles. The lowest BCUT2D eigenvalue weighted by molar-refractivity contribution is -0.130. The Kier molecular flexibility index (Phi) is 6.35. The lowest BCUT2D eigenvalue weighted by Crippen LogP contribution is -2.31. The summed E-state index contributed by atoms with van der Waals surface area (Å²) in [6, 6.07) is 0. The van der Waals surface area contributed by atoms with E-state index in [1.54, 1.807) is 0 Å². The maximum atomic E-state index is 11.9. The van der Waals surface area contributed by atoms with Gasteiger partial charge in [-0.05, 0) is 27.2 Å². The van der Waals surface area contributed by atoms with Crippen molar-refractivity contribution in [3.63, 3.8) is 0 Å². The van der Waals surface area contributed by atoms with Gasteiger partial charge >= 0.3 is 0 Å². The maximum absolute atomic E-state index is 11.9. The quantitative estimate of drug-likeness (QED) is 0.762. The summed E-state index contributed by atoms with van der Waals surface area (Å²) in [4.78, 5) is 13.8. The Morgan fingerprint density at radius 3 is 2.55 bits per heavy atom. The lowest BCUT2D eigenvalue weighted by atomic mass is 10.3. The SMILES string of the molecule is CCCn1nc(C)c(N)c1NCCC(=O)N(CC)CC. The van der Waals surface area contributed by atoms with Crippen LogP contribution in [-0.2, 0) is 11.3 Å². The number of amides is 1. The Morgan fingerprint density at radius 2 is 2.00 bits per heavy atom. The molecule has 0 spiro atoms. The molecule has 6 heteroatoms. The molecule has 0 aliphatic rings. The fourth-order valence-corrected chi connectivity index (χ4v) is 2.18. The molecule has 0 saturated heterocycles. The second-order valence-electron chi connectivity index (χ2n) is 4.81. The lowest BCUT2D eigenvalue weighted by Gasteiger charge is -2.19. The second-order valence-corrected chi connectivity index (χ2v) is 4.81. The normalized spacial score (nSPS) is 10.6. The van der Waals surface area contributed by atoms with E-state index < -0.39 is 0 Å². The second kappa shape index (κ2) is 7.77. The summed E-state index contributed by atoms with van der Waals surface area (Å²) in [5.74, 6) is 0.996. The Labute approximate surface area is 121 Å². The summed E-state index contributed by atoms with van der Waals surface area (Å²) in [5.41, 5.74) is 7.53. The van der Waals surface area contributed by atoms with Gasteiger partial charge in [-0.25, -0.2) is 4.68 Å². The molecular weight excluding hydrogens is 254 g/mol. The number of aromatic nitrogens is 2. The number of nitrogens with two attached hydrogens (primary N) is 1. The number of anilines is 2. The number of carbonyl (C=O) groups is 1. The fraction of sp³-hybridized carbons (Fsp3) is 0.714. The Hall–Kier alpha value is -1.72. The number of hydrogen-bond donors (Lipinski definition) is 2. The third kappa shape index (κ3) is 3.88. The average molecular weight is 281 g/mol. The molecule has 0 aromatic carbocycles. The number of nitrogens with zero attached hydrogens (tertiary/aromatic N) is 3. The fourth-order valence-electron chi connectivity index (χ4n) is 2.18. The summed E-state index contributed by atoms with van der Waals surface area (Å²) in [5, 5.41) is 7.65. The predicted molar refractivity (Wildman–Crippen MR) is 82.7 cm³/mol. The van der Waals surface area contributed by atoms with Crippen molar-refractivity contribution in [2.24, 2.45) is 0 Å². The summed E-state index contributed by atoms with van der Waals surface area (Å²) >= 11 is 0. The van der Waals surface area contributed by atoms with Gasteiger partial charge in [-0.15, -0.1) is 0 Å². The molecular formula is C14H27N5O. The van der Waals surface area contributed by atoms with E-state index >= 15 is 0 Å². The van der Waals surface area contributed by atoms with E-state index in [2.05, 4.69) is 17.3 Å². The highest BCUT2D eigenvalue weighted by Crippen LogP contribution is 2.22. The van der Waals surface area contributed by atoms with Crippen LogP contribution in [0, 0.1) is 6.92 Å². The molecule has 0 unspecified atom stereocenters. The van der Waals surface area contributed by atoms with E-state index in [0.29, 0.717) is 18.7 Å². The van der Waals surface area contributed by atoms with Crippen LogP contribution < -0.4 is 11.1 Å². The molecule has 0 radical (unpaired) electrons. The molecule has 0 aliphatic carbocycles. The van der Waals surface area contributed by atoms with Crippen molar-refractivity contribution in [2.75, 3.05) is 30.7 Å². The van der Waals surface area contributed by atoms with Crippen LogP contribution in [0.1, 0.15) is 39.3 Å². The summed E-state index contributed by atoms with van der Waals surface area (Å²) in [7, 11) is 0. The molecule has 0 atom stereocenters. The first kappa shape index (κ1) is 16.3. The molecule has 6 nitrogen and oxygen atoms in total. The van der Waals surface area contributed by atoms with Crippen molar-refractivity contribution in [2.45, 2.75) is 47.1 Å². The van der Waals surface area contributed by atoms with Crippen molar-refractivity contribution >= 4 is 17.4 Å². The van der Waals surface area contributed by atoms with E-state index in [9.17, 15) is 4.79 Å². The van der Waals surface area contributed by atoms with Gasteiger partial charge in [-0.2, -0.15) is 5.10 Å². The summed E-state index contributed by atoms with van der Waals surface area (Å²) in [6.45, 7) is 10.9. The monoisotopic (exact) mass is 281 g/mol. The maximum Gasteiger partial charge on any atom is 0.224 e. The van der Waals surface area contributed by atoms with E-state index in [0.717, 1.165) is 37.6 Å². The minimum Gasteiger partial charge on any atom is -0.394 e. The van der Waals surface area contributed by atoms with Crippen molar-refractivity contribution in [1.29, 1.82) is 0 Å². The number of carbonyl (C=O) groups excluding carboxylic acids is 1. The van der Waals surface area contributed by atoms with Gasteiger partial charge in [0.05, 0.1) is 11.4 Å². The zero-order valence-electron chi connectivity index (χ0n) is 13.1. The minimum atomic E-state index is 0.166. The average Bonchev–Trinajstić information content (AvgIpc) is 2.68. The highest BCUT2D eigenvalue weighted by Gasteiger charge is 2.13. The number of nitrogen functional groups attached to an aromatic ring is 1. The zero-order valence-corrected chi connectivity index (χ0v) is 13.1. The molecule has 1 aromatic rings. The first-order valence-corrected chi connectivity index (χ1v) is 7.39. The molecule has 20 heavy (non-hydrogen) atoms. The molecule has 114 valence electrons. The molecule has 0 bridgehead atoms. The van der Waals surface area contributed by atoms with Crippen molar-refractivity contribution in [3.05, 3.63) is 5.69 Å². The van der Waals surface area contributed by atoms with Crippen molar-refractivity contribution < 1.29 is 4.79 Å². The van der Waals surface area contributed by atoms with Crippen LogP contribution in [0.5, 0.6) is 0 Å². The van der Waals surface area contributed by atoms with Crippen LogP contribution >= 0.6 is 0 Å². The van der Waals surface area contributed by atoms with E-state index in [4.69, 9.17) is 5.73 Å². The third-order valence-corrected chi connectivity index (χ3v) is 3.36. The van der Waals surface area contributed by atoms with Crippen LogP contribution in [0.4, 0.5) is 11.5 Å². The molecule has 1 rings (SSSR count). The van der Waals surface area contributed by atoms with Crippen molar-refractivity contribution in [1.82, 2.24) is 14.7 Å². The number of nitrogens with one attached hydrogen (secondary N) is 1. The van der Waals surface area contributed by atoms with Crippen LogP contribution in [0.3, 0.4) is 0 Å². The summed E-state index contributed by atoms with van der Waals surface area (Å²) < 4.78 is 1.88. The molecule has 1 amide bonds. The number of hydrogen-bond acceptors (Lipinski definition) is 4. The van der Waals surface area contributed by atoms with Crippen LogP contribution in [0.25, 0.3) is 0 Å². The Balaban J connectivity index is 2.59. The van der Waals surface area contributed by atoms with Gasteiger partial charge in [-0.1, -0.05) is 6.92 Å². The van der Waals surface area contributed by atoms with Crippen LogP contribution in [0.15, 0.2) is 0 Å². The third-order valence-electron chi connectivity index (χ3n) is 3.36. The molecule has 1 aromatic heterocycles. The topological polar surface area (TPSA) is 76.2 Å². The van der Waals surface area contributed by atoms with Crippen LogP contribution in [0.2, 0.25) is 0 Å². The van der Waals surface area contributed by atoms with E-state index in [-0.39, 0.29) is 5.91 Å². The van der Waals surface area contributed by atoms with Gasteiger partial charge in [0, 0.05) is 32.6 Å². The highest BCUT2D eigenvalue weighted by atomic mass is 16.2. The van der Waals surface area contributed by atoms with Gasteiger partial charge < -0.3 is 16.0 Å². The van der Waals surface area contributed by atoms with Gasteiger partial charge in [0.2, 0.25) is 5.91 Å². The zero-order chi connectivity index (χ0) is 15.1. The van der Waals surface area contributed by atoms with Gasteiger partial charge in [0.1, 0.15) is 5.82 Å². The molecule has 0 fully saturated rings. The standard InChI is InChI=1S/C14H27N5O/c1-5-10-19-14(13(15)11(4)17-19)16-9-8-12(20)18(6-2)7-3/h16H,5-10,15H2,1-4H3.